The number of aromatic nitrogens is 5. The minimum Gasteiger partial charge on any atom is -0.262 e. The van der Waals surface area contributed by atoms with E-state index in [1.54, 1.807) is 6.07 Å². The van der Waals surface area contributed by atoms with Gasteiger partial charge in [0.1, 0.15) is 17.6 Å². The van der Waals surface area contributed by atoms with E-state index in [0.717, 1.165) is 11.5 Å². The zero-order valence-electron chi connectivity index (χ0n) is 8.72. The maximum absolute atomic E-state index is 8.77. The van der Waals surface area contributed by atoms with E-state index in [4.69, 9.17) is 5.26 Å². The van der Waals surface area contributed by atoms with Gasteiger partial charge in [-0.1, -0.05) is 0 Å². The van der Waals surface area contributed by atoms with Crippen molar-refractivity contribution in [2.24, 2.45) is 0 Å². The van der Waals surface area contributed by atoms with Crippen LogP contribution in [0.15, 0.2) is 16.4 Å². The minimum atomic E-state index is 0.349. The highest BCUT2D eigenvalue weighted by Gasteiger charge is 2.07. The lowest BCUT2D eigenvalue weighted by Gasteiger charge is -1.97. The van der Waals surface area contributed by atoms with Gasteiger partial charge in [-0.25, -0.2) is 15.0 Å². The van der Waals surface area contributed by atoms with E-state index in [2.05, 4.69) is 25.1 Å². The fourth-order valence-corrected chi connectivity index (χ4v) is 1.86. The van der Waals surface area contributed by atoms with Crippen molar-refractivity contribution in [3.05, 3.63) is 23.3 Å². The molecule has 0 aliphatic rings. The first-order valence-electron chi connectivity index (χ1n) is 4.50. The van der Waals surface area contributed by atoms with E-state index in [9.17, 15) is 0 Å². The van der Waals surface area contributed by atoms with Crippen LogP contribution < -0.4 is 0 Å². The van der Waals surface area contributed by atoms with Crippen molar-refractivity contribution >= 4 is 11.8 Å². The monoisotopic (exact) mass is 232 g/mol. The number of hydrogen-bond donors (Lipinski definition) is 1. The molecule has 2 rings (SSSR count). The molecule has 0 fully saturated rings. The molecule has 0 aliphatic carbocycles. The first-order valence-corrected chi connectivity index (χ1v) is 5.31. The second-order valence-corrected chi connectivity index (χ2v) is 4.03. The Labute approximate surface area is 96.2 Å². The lowest BCUT2D eigenvalue weighted by atomic mass is 10.4. The number of nitrogens with zero attached hydrogens (tertiary/aromatic N) is 5. The first kappa shape index (κ1) is 10.6. The molecule has 16 heavy (non-hydrogen) atoms. The van der Waals surface area contributed by atoms with Crippen LogP contribution >= 0.6 is 11.8 Å². The Morgan fingerprint density at radius 1 is 1.25 bits per heavy atom. The first-order chi connectivity index (χ1) is 7.67. The summed E-state index contributed by atoms with van der Waals surface area (Å²) in [5.74, 6) is 0.732. The van der Waals surface area contributed by atoms with Gasteiger partial charge in [0, 0.05) is 5.69 Å². The maximum Gasteiger partial charge on any atom is 0.216 e. The molecule has 0 bridgehead atoms. The van der Waals surface area contributed by atoms with E-state index in [1.807, 2.05) is 19.9 Å². The molecule has 6 nitrogen and oxygen atoms in total. The van der Waals surface area contributed by atoms with Crippen LogP contribution in [0.4, 0.5) is 0 Å². The summed E-state index contributed by atoms with van der Waals surface area (Å²) in [7, 11) is 0. The molecule has 0 aromatic carbocycles. The Morgan fingerprint density at radius 2 is 2.06 bits per heavy atom. The van der Waals surface area contributed by atoms with Gasteiger partial charge in [0.25, 0.3) is 0 Å². The second-order valence-electron chi connectivity index (χ2n) is 3.09. The second kappa shape index (κ2) is 4.28. The van der Waals surface area contributed by atoms with Crippen molar-refractivity contribution in [3.63, 3.8) is 0 Å². The van der Waals surface area contributed by atoms with Crippen LogP contribution in [0, 0.1) is 25.2 Å². The molecule has 0 atom stereocenters. The molecule has 0 saturated carbocycles. The predicted octanol–water partition coefficient (Wildman–Crippen LogP) is 1.23. The third-order valence-corrected chi connectivity index (χ3v) is 2.44. The Morgan fingerprint density at radius 3 is 2.69 bits per heavy atom. The molecule has 80 valence electrons. The van der Waals surface area contributed by atoms with Gasteiger partial charge in [0.2, 0.25) is 5.16 Å². The molecule has 2 aromatic heterocycles. The Balaban J connectivity index is 2.28. The van der Waals surface area contributed by atoms with E-state index < -0.39 is 0 Å². The molecule has 1 N–H and O–H groups in total. The van der Waals surface area contributed by atoms with Gasteiger partial charge in [-0.3, -0.25) is 5.10 Å². The number of aryl methyl sites for hydroxylation is 2. The third kappa shape index (κ3) is 2.35. The zero-order valence-corrected chi connectivity index (χ0v) is 9.54. The highest BCUT2D eigenvalue weighted by molar-refractivity contribution is 7.99. The normalized spacial score (nSPS) is 10.1. The standard InChI is InChI=1S/C9H8N6S/c1-5-3-7(4-10)13-8(11-5)16-9-12-6(2)14-15-9/h3H,1-2H3,(H,12,14,15). The highest BCUT2D eigenvalue weighted by atomic mass is 32.2. The van der Waals surface area contributed by atoms with Gasteiger partial charge >= 0.3 is 0 Å². The summed E-state index contributed by atoms with van der Waals surface area (Å²) in [6, 6.07) is 3.62. The van der Waals surface area contributed by atoms with Crippen LogP contribution in [0.5, 0.6) is 0 Å². The number of nitriles is 1. The van der Waals surface area contributed by atoms with Gasteiger partial charge in [0.05, 0.1) is 0 Å². The van der Waals surface area contributed by atoms with Gasteiger partial charge in [-0.2, -0.15) is 5.26 Å². The van der Waals surface area contributed by atoms with E-state index in [0.29, 0.717) is 16.0 Å². The fraction of sp³-hybridized carbons (Fsp3) is 0.222. The van der Waals surface area contributed by atoms with Crippen LogP contribution in [0.1, 0.15) is 17.2 Å². The molecule has 7 heteroatoms. The van der Waals surface area contributed by atoms with Gasteiger partial charge in [-0.15, -0.1) is 5.10 Å². The number of rotatable bonds is 2. The predicted molar refractivity (Wildman–Crippen MR) is 56.7 cm³/mol. The third-order valence-electron chi connectivity index (χ3n) is 1.71. The molecule has 0 unspecified atom stereocenters. The number of aromatic amines is 1. The summed E-state index contributed by atoms with van der Waals surface area (Å²) >= 11 is 1.23. The number of hydrogen-bond acceptors (Lipinski definition) is 6. The number of H-pyrrole nitrogens is 1. The average Bonchev–Trinajstić information content (AvgIpc) is 2.63. The highest BCUT2D eigenvalue weighted by Crippen LogP contribution is 2.20. The van der Waals surface area contributed by atoms with E-state index >= 15 is 0 Å². The summed E-state index contributed by atoms with van der Waals surface area (Å²) in [4.78, 5) is 12.4. The molecular weight excluding hydrogens is 224 g/mol. The summed E-state index contributed by atoms with van der Waals surface area (Å²) in [5, 5.41) is 16.5. The molecular formula is C9H8N6S. The Hall–Kier alpha value is -1.94. The molecule has 2 heterocycles. The van der Waals surface area contributed by atoms with Gasteiger partial charge in [-0.05, 0) is 31.7 Å². The summed E-state index contributed by atoms with van der Waals surface area (Å²) in [5.41, 5.74) is 1.10. The molecule has 0 spiro atoms. The topological polar surface area (TPSA) is 91.1 Å². The van der Waals surface area contributed by atoms with Crippen molar-refractivity contribution < 1.29 is 0 Å². The summed E-state index contributed by atoms with van der Waals surface area (Å²) in [6.07, 6.45) is 0. The quantitative estimate of drug-likeness (QED) is 0.783. The molecule has 0 amide bonds. The van der Waals surface area contributed by atoms with Crippen molar-refractivity contribution in [1.82, 2.24) is 25.1 Å². The SMILES string of the molecule is Cc1cc(C#N)nc(Sc2n[nH]c(C)n2)n1. The van der Waals surface area contributed by atoms with Gasteiger partial charge in [0.15, 0.2) is 5.16 Å². The maximum atomic E-state index is 8.77. The lowest BCUT2D eigenvalue weighted by molar-refractivity contribution is 0.903. The van der Waals surface area contributed by atoms with E-state index in [-0.39, 0.29) is 0 Å². The van der Waals surface area contributed by atoms with E-state index in [1.165, 1.54) is 11.8 Å². The van der Waals surface area contributed by atoms with Crippen LogP contribution in [0.3, 0.4) is 0 Å². The summed E-state index contributed by atoms with van der Waals surface area (Å²) in [6.45, 7) is 3.63. The molecule has 0 aliphatic heterocycles. The van der Waals surface area contributed by atoms with Gasteiger partial charge < -0.3 is 0 Å². The lowest BCUT2D eigenvalue weighted by Crippen LogP contribution is -1.93. The van der Waals surface area contributed by atoms with Crippen LogP contribution in [0.2, 0.25) is 0 Å². The van der Waals surface area contributed by atoms with Crippen LogP contribution in [0.25, 0.3) is 0 Å². The fourth-order valence-electron chi connectivity index (χ4n) is 1.09. The van der Waals surface area contributed by atoms with Crippen molar-refractivity contribution in [2.75, 3.05) is 0 Å². The Kier molecular flexibility index (Phi) is 2.83. The minimum absolute atomic E-state index is 0.349. The zero-order chi connectivity index (χ0) is 11.5. The van der Waals surface area contributed by atoms with Crippen molar-refractivity contribution in [3.8, 4) is 6.07 Å². The molecule has 2 aromatic rings. The number of nitrogens with one attached hydrogen (secondary N) is 1. The van der Waals surface area contributed by atoms with Crippen molar-refractivity contribution in [1.29, 1.82) is 5.26 Å². The average molecular weight is 232 g/mol. The van der Waals surface area contributed by atoms with Crippen LogP contribution in [-0.4, -0.2) is 25.1 Å². The summed E-state index contributed by atoms with van der Waals surface area (Å²) < 4.78 is 0. The van der Waals surface area contributed by atoms with Crippen LogP contribution in [-0.2, 0) is 0 Å². The largest absolute Gasteiger partial charge is 0.262 e. The van der Waals surface area contributed by atoms with Crippen molar-refractivity contribution in [2.45, 2.75) is 24.2 Å². The molecule has 0 radical (unpaired) electrons. The Bertz CT molecular complexity index is 555. The molecule has 0 saturated heterocycles. The smallest absolute Gasteiger partial charge is 0.216 e.